The Balaban J connectivity index is 1.74. The van der Waals surface area contributed by atoms with Crippen molar-refractivity contribution in [2.45, 2.75) is 47.2 Å². The van der Waals surface area contributed by atoms with Crippen LogP contribution in [0.15, 0.2) is 36.4 Å². The number of urea groups is 1. The van der Waals surface area contributed by atoms with E-state index in [4.69, 9.17) is 4.74 Å². The average Bonchev–Trinajstić information content (AvgIpc) is 2.77. The van der Waals surface area contributed by atoms with Crippen LogP contribution in [0.3, 0.4) is 0 Å². The van der Waals surface area contributed by atoms with Crippen molar-refractivity contribution in [1.29, 1.82) is 0 Å². The largest absolute Gasteiger partial charge is 0.452 e. The van der Waals surface area contributed by atoms with Crippen molar-refractivity contribution in [2.24, 2.45) is 0 Å². The van der Waals surface area contributed by atoms with Gasteiger partial charge in [0.05, 0.1) is 12.1 Å². The van der Waals surface area contributed by atoms with E-state index >= 15 is 0 Å². The number of carbonyl (C=O) groups is 4. The van der Waals surface area contributed by atoms with Gasteiger partial charge >= 0.3 is 12.0 Å². The van der Waals surface area contributed by atoms with Gasteiger partial charge in [-0.3, -0.25) is 9.59 Å². The Labute approximate surface area is 199 Å². The number of aryl methyl sites for hydroxylation is 3. The molecule has 0 atom stereocenters. The summed E-state index contributed by atoms with van der Waals surface area (Å²) in [5, 5.41) is 10.7. The number of rotatable bonds is 9. The van der Waals surface area contributed by atoms with Gasteiger partial charge in [-0.15, -0.1) is 0 Å². The molecule has 0 aliphatic heterocycles. The number of anilines is 1. The van der Waals surface area contributed by atoms with Crippen LogP contribution in [-0.4, -0.2) is 43.0 Å². The summed E-state index contributed by atoms with van der Waals surface area (Å²) in [4.78, 5) is 47.9. The van der Waals surface area contributed by atoms with Gasteiger partial charge in [0, 0.05) is 18.3 Å². The number of ether oxygens (including phenoxy) is 1. The molecular formula is C25H32N4O5. The van der Waals surface area contributed by atoms with Crippen LogP contribution in [-0.2, 0) is 20.9 Å². The number of benzene rings is 2. The lowest BCUT2D eigenvalue weighted by Gasteiger charge is -2.13. The molecule has 34 heavy (non-hydrogen) atoms. The molecule has 182 valence electrons. The van der Waals surface area contributed by atoms with Crippen LogP contribution in [0, 0.1) is 20.8 Å². The number of hydrogen-bond acceptors (Lipinski definition) is 5. The van der Waals surface area contributed by atoms with Gasteiger partial charge in [-0.25, -0.2) is 9.59 Å². The molecule has 9 nitrogen and oxygen atoms in total. The highest BCUT2D eigenvalue weighted by Crippen LogP contribution is 2.21. The highest BCUT2D eigenvalue weighted by Gasteiger charge is 2.13. The SMILES string of the molecule is Cc1cc(C)c(NC(=O)CNC(=O)COC(=O)c2ccc(CNC(=O)NC(C)C)cc2)c(C)c1. The lowest BCUT2D eigenvalue weighted by atomic mass is 10.1. The molecule has 0 heterocycles. The zero-order valence-corrected chi connectivity index (χ0v) is 20.2. The van der Waals surface area contributed by atoms with Crippen molar-refractivity contribution in [1.82, 2.24) is 16.0 Å². The summed E-state index contributed by atoms with van der Waals surface area (Å²) in [6.07, 6.45) is 0. The first-order valence-corrected chi connectivity index (χ1v) is 11.0. The molecule has 0 aliphatic carbocycles. The minimum absolute atomic E-state index is 0.0327. The first-order chi connectivity index (χ1) is 16.0. The van der Waals surface area contributed by atoms with E-state index in [0.29, 0.717) is 6.54 Å². The summed E-state index contributed by atoms with van der Waals surface area (Å²) in [6.45, 7) is 9.07. The molecule has 2 rings (SSSR count). The Morgan fingerprint density at radius 1 is 0.882 bits per heavy atom. The highest BCUT2D eigenvalue weighted by atomic mass is 16.5. The molecule has 0 saturated heterocycles. The molecular weight excluding hydrogens is 436 g/mol. The Kier molecular flexibility index (Phi) is 9.61. The Hall–Kier alpha value is -3.88. The van der Waals surface area contributed by atoms with Gasteiger partial charge in [0.15, 0.2) is 6.61 Å². The van der Waals surface area contributed by atoms with E-state index in [1.807, 2.05) is 46.8 Å². The Morgan fingerprint density at radius 3 is 2.09 bits per heavy atom. The summed E-state index contributed by atoms with van der Waals surface area (Å²) >= 11 is 0. The molecule has 2 aromatic carbocycles. The third-order valence-corrected chi connectivity index (χ3v) is 4.78. The Bertz CT molecular complexity index is 1020. The number of hydrogen-bond donors (Lipinski definition) is 4. The van der Waals surface area contributed by atoms with Crippen LogP contribution in [0.2, 0.25) is 0 Å². The van der Waals surface area contributed by atoms with Crippen LogP contribution in [0.5, 0.6) is 0 Å². The van der Waals surface area contributed by atoms with Crippen LogP contribution in [0.25, 0.3) is 0 Å². The number of nitrogens with one attached hydrogen (secondary N) is 4. The van der Waals surface area contributed by atoms with Crippen LogP contribution in [0.1, 0.15) is 46.5 Å². The number of carbonyl (C=O) groups excluding carboxylic acids is 4. The van der Waals surface area contributed by atoms with E-state index < -0.39 is 18.5 Å². The van der Waals surface area contributed by atoms with E-state index in [9.17, 15) is 19.2 Å². The number of esters is 1. The van der Waals surface area contributed by atoms with Crippen LogP contribution in [0.4, 0.5) is 10.5 Å². The van der Waals surface area contributed by atoms with Crippen molar-refractivity contribution >= 4 is 29.5 Å². The van der Waals surface area contributed by atoms with Crippen LogP contribution >= 0.6 is 0 Å². The first kappa shape index (κ1) is 26.4. The molecule has 0 fully saturated rings. The second-order valence-corrected chi connectivity index (χ2v) is 8.35. The molecule has 0 aromatic heterocycles. The molecule has 0 saturated carbocycles. The van der Waals surface area contributed by atoms with Crippen molar-refractivity contribution in [3.05, 3.63) is 64.2 Å². The topological polar surface area (TPSA) is 126 Å². The highest BCUT2D eigenvalue weighted by molar-refractivity contribution is 5.96. The second-order valence-electron chi connectivity index (χ2n) is 8.35. The quantitative estimate of drug-likeness (QED) is 0.421. The zero-order chi connectivity index (χ0) is 25.3. The van der Waals surface area contributed by atoms with Gasteiger partial charge in [0.2, 0.25) is 5.91 Å². The molecule has 4 N–H and O–H groups in total. The third kappa shape index (κ3) is 8.57. The van der Waals surface area contributed by atoms with E-state index in [0.717, 1.165) is 27.9 Å². The predicted octanol–water partition coefficient (Wildman–Crippen LogP) is 2.73. The summed E-state index contributed by atoms with van der Waals surface area (Å²) in [6, 6.07) is 10.2. The first-order valence-electron chi connectivity index (χ1n) is 11.0. The standard InChI is InChI=1S/C25H32N4O5/c1-15(2)28-25(33)27-12-19-6-8-20(9-7-19)24(32)34-14-22(31)26-13-21(30)29-23-17(4)10-16(3)11-18(23)5/h6-11,15H,12-14H2,1-5H3,(H,26,31)(H,29,30)(H2,27,28,33). The van der Waals surface area contributed by atoms with Crippen molar-refractivity contribution < 1.29 is 23.9 Å². The van der Waals surface area contributed by atoms with Crippen molar-refractivity contribution in [3.8, 4) is 0 Å². The Morgan fingerprint density at radius 2 is 1.50 bits per heavy atom. The second kappa shape index (κ2) is 12.4. The molecule has 0 aliphatic rings. The monoisotopic (exact) mass is 468 g/mol. The maximum absolute atomic E-state index is 12.2. The molecule has 0 spiro atoms. The fraction of sp³-hybridized carbons (Fsp3) is 0.360. The summed E-state index contributed by atoms with van der Waals surface area (Å²) in [5.74, 6) is -1.62. The molecule has 4 amide bonds. The van der Waals surface area contributed by atoms with E-state index in [-0.39, 0.29) is 30.1 Å². The average molecular weight is 469 g/mol. The zero-order valence-electron chi connectivity index (χ0n) is 20.2. The lowest BCUT2D eigenvalue weighted by Crippen LogP contribution is -2.39. The lowest BCUT2D eigenvalue weighted by molar-refractivity contribution is -0.126. The smallest absolute Gasteiger partial charge is 0.338 e. The fourth-order valence-electron chi connectivity index (χ4n) is 3.26. The van der Waals surface area contributed by atoms with Crippen molar-refractivity contribution in [2.75, 3.05) is 18.5 Å². The van der Waals surface area contributed by atoms with E-state index in [1.54, 1.807) is 24.3 Å². The summed E-state index contributed by atoms with van der Waals surface area (Å²) in [5.41, 5.74) is 4.77. The maximum atomic E-state index is 12.2. The minimum Gasteiger partial charge on any atom is -0.452 e. The van der Waals surface area contributed by atoms with E-state index in [1.165, 1.54) is 0 Å². The summed E-state index contributed by atoms with van der Waals surface area (Å²) < 4.78 is 5.01. The van der Waals surface area contributed by atoms with Crippen LogP contribution < -0.4 is 21.3 Å². The normalized spacial score (nSPS) is 10.4. The fourth-order valence-corrected chi connectivity index (χ4v) is 3.26. The van der Waals surface area contributed by atoms with Gasteiger partial charge in [-0.1, -0.05) is 29.8 Å². The minimum atomic E-state index is -0.664. The molecule has 0 unspecified atom stereocenters. The molecule has 0 radical (unpaired) electrons. The van der Waals surface area contributed by atoms with E-state index in [2.05, 4.69) is 21.3 Å². The molecule has 0 bridgehead atoms. The maximum Gasteiger partial charge on any atom is 0.338 e. The van der Waals surface area contributed by atoms with Gasteiger partial charge < -0.3 is 26.0 Å². The van der Waals surface area contributed by atoms with Crippen molar-refractivity contribution in [3.63, 3.8) is 0 Å². The predicted molar refractivity (Wildman–Crippen MR) is 130 cm³/mol. The van der Waals surface area contributed by atoms with Gasteiger partial charge in [0.1, 0.15) is 0 Å². The molecule has 9 heteroatoms. The molecule has 2 aromatic rings. The van der Waals surface area contributed by atoms with Gasteiger partial charge in [0.25, 0.3) is 5.91 Å². The van der Waals surface area contributed by atoms with Gasteiger partial charge in [-0.2, -0.15) is 0 Å². The van der Waals surface area contributed by atoms with Gasteiger partial charge in [-0.05, 0) is 63.4 Å². The number of amides is 4. The summed E-state index contributed by atoms with van der Waals surface area (Å²) in [7, 11) is 0. The third-order valence-electron chi connectivity index (χ3n) is 4.78.